The summed E-state index contributed by atoms with van der Waals surface area (Å²) >= 11 is 0. The zero-order valence-electron chi connectivity index (χ0n) is 10.3. The standard InChI is InChI=1S/C12H26N2/c1-5-14(11(2)3)10-12-6-8-13(4)9-7-12/h11-12H,5-10H2,1-4H3. The molecule has 2 heteroatoms. The Kier molecular flexibility index (Phi) is 4.90. The van der Waals surface area contributed by atoms with Gasteiger partial charge in [-0.3, -0.25) is 0 Å². The number of hydrogen-bond donors (Lipinski definition) is 0. The van der Waals surface area contributed by atoms with E-state index in [-0.39, 0.29) is 0 Å². The molecule has 0 saturated carbocycles. The Labute approximate surface area is 89.3 Å². The van der Waals surface area contributed by atoms with Crippen LogP contribution in [0.15, 0.2) is 0 Å². The molecule has 0 bridgehead atoms. The van der Waals surface area contributed by atoms with Crippen molar-refractivity contribution in [1.29, 1.82) is 0 Å². The predicted molar refractivity (Wildman–Crippen MR) is 62.6 cm³/mol. The van der Waals surface area contributed by atoms with Crippen LogP contribution in [0.3, 0.4) is 0 Å². The quantitative estimate of drug-likeness (QED) is 0.682. The summed E-state index contributed by atoms with van der Waals surface area (Å²) < 4.78 is 0. The van der Waals surface area contributed by atoms with Gasteiger partial charge in [-0.15, -0.1) is 0 Å². The van der Waals surface area contributed by atoms with Crippen LogP contribution in [0.4, 0.5) is 0 Å². The van der Waals surface area contributed by atoms with Crippen LogP contribution in [-0.2, 0) is 0 Å². The lowest BCUT2D eigenvalue weighted by Crippen LogP contribution is -2.39. The van der Waals surface area contributed by atoms with Crippen molar-refractivity contribution in [2.24, 2.45) is 5.92 Å². The zero-order chi connectivity index (χ0) is 10.6. The lowest BCUT2D eigenvalue weighted by molar-refractivity contribution is 0.144. The van der Waals surface area contributed by atoms with Crippen LogP contribution in [0, 0.1) is 5.92 Å². The van der Waals surface area contributed by atoms with Gasteiger partial charge in [0.15, 0.2) is 0 Å². The molecular weight excluding hydrogens is 172 g/mol. The van der Waals surface area contributed by atoms with Crippen LogP contribution in [0.2, 0.25) is 0 Å². The van der Waals surface area contributed by atoms with Gasteiger partial charge < -0.3 is 9.80 Å². The predicted octanol–water partition coefficient (Wildman–Crippen LogP) is 2.06. The Morgan fingerprint density at radius 3 is 2.29 bits per heavy atom. The Hall–Kier alpha value is -0.0800. The van der Waals surface area contributed by atoms with Crippen LogP contribution >= 0.6 is 0 Å². The molecule has 2 nitrogen and oxygen atoms in total. The van der Waals surface area contributed by atoms with Crippen LogP contribution in [0.5, 0.6) is 0 Å². The molecule has 1 heterocycles. The molecule has 1 saturated heterocycles. The molecule has 0 atom stereocenters. The molecule has 0 radical (unpaired) electrons. The lowest BCUT2D eigenvalue weighted by Gasteiger charge is -2.34. The monoisotopic (exact) mass is 198 g/mol. The highest BCUT2D eigenvalue weighted by Gasteiger charge is 2.19. The molecule has 1 aliphatic heterocycles. The van der Waals surface area contributed by atoms with Gasteiger partial charge in [-0.05, 0) is 59.3 Å². The molecular formula is C12H26N2. The average molecular weight is 198 g/mol. The Balaban J connectivity index is 2.29. The minimum atomic E-state index is 0.708. The van der Waals surface area contributed by atoms with Gasteiger partial charge in [-0.25, -0.2) is 0 Å². The summed E-state index contributed by atoms with van der Waals surface area (Å²) in [7, 11) is 2.23. The number of likely N-dealkylation sites (tertiary alicyclic amines) is 1. The van der Waals surface area contributed by atoms with Crippen molar-refractivity contribution >= 4 is 0 Å². The highest BCUT2D eigenvalue weighted by atomic mass is 15.2. The lowest BCUT2D eigenvalue weighted by atomic mass is 9.96. The largest absolute Gasteiger partial charge is 0.306 e. The smallest absolute Gasteiger partial charge is 0.00385 e. The van der Waals surface area contributed by atoms with Gasteiger partial charge in [0, 0.05) is 12.6 Å². The second-order valence-electron chi connectivity index (χ2n) is 4.93. The van der Waals surface area contributed by atoms with E-state index in [0.29, 0.717) is 6.04 Å². The summed E-state index contributed by atoms with van der Waals surface area (Å²) in [6.07, 6.45) is 2.78. The maximum Gasteiger partial charge on any atom is 0.00385 e. The average Bonchev–Trinajstić information content (AvgIpc) is 2.16. The number of nitrogens with zero attached hydrogens (tertiary/aromatic N) is 2. The van der Waals surface area contributed by atoms with E-state index in [0.717, 1.165) is 5.92 Å². The van der Waals surface area contributed by atoms with Crippen molar-refractivity contribution in [2.75, 3.05) is 33.2 Å². The van der Waals surface area contributed by atoms with E-state index in [4.69, 9.17) is 0 Å². The molecule has 1 fully saturated rings. The van der Waals surface area contributed by atoms with Crippen molar-refractivity contribution in [1.82, 2.24) is 9.80 Å². The highest BCUT2D eigenvalue weighted by molar-refractivity contribution is 4.74. The summed E-state index contributed by atoms with van der Waals surface area (Å²) in [5.41, 5.74) is 0. The van der Waals surface area contributed by atoms with Gasteiger partial charge in [-0.1, -0.05) is 6.92 Å². The Morgan fingerprint density at radius 2 is 1.86 bits per heavy atom. The van der Waals surface area contributed by atoms with Gasteiger partial charge in [0.25, 0.3) is 0 Å². The molecule has 1 aliphatic rings. The van der Waals surface area contributed by atoms with Crippen LogP contribution in [-0.4, -0.2) is 49.1 Å². The van der Waals surface area contributed by atoms with Crippen molar-refractivity contribution in [3.8, 4) is 0 Å². The maximum atomic E-state index is 2.59. The number of hydrogen-bond acceptors (Lipinski definition) is 2. The first-order valence-electron chi connectivity index (χ1n) is 6.06. The van der Waals surface area contributed by atoms with E-state index < -0.39 is 0 Å². The molecule has 1 rings (SSSR count). The summed E-state index contributed by atoms with van der Waals surface area (Å²) in [6.45, 7) is 12.0. The third-order valence-corrected chi connectivity index (χ3v) is 3.47. The first-order valence-corrected chi connectivity index (χ1v) is 6.06. The zero-order valence-corrected chi connectivity index (χ0v) is 10.3. The molecule has 0 amide bonds. The van der Waals surface area contributed by atoms with Crippen LogP contribution < -0.4 is 0 Å². The molecule has 0 unspecified atom stereocenters. The minimum Gasteiger partial charge on any atom is -0.306 e. The molecule has 0 aromatic heterocycles. The van der Waals surface area contributed by atoms with E-state index in [2.05, 4.69) is 37.6 Å². The van der Waals surface area contributed by atoms with E-state index in [1.807, 2.05) is 0 Å². The van der Waals surface area contributed by atoms with E-state index in [1.54, 1.807) is 0 Å². The van der Waals surface area contributed by atoms with Gasteiger partial charge >= 0.3 is 0 Å². The Bertz CT molecular complexity index is 148. The third-order valence-electron chi connectivity index (χ3n) is 3.47. The topological polar surface area (TPSA) is 6.48 Å². The fourth-order valence-corrected chi connectivity index (χ4v) is 2.28. The molecule has 84 valence electrons. The van der Waals surface area contributed by atoms with Crippen molar-refractivity contribution in [2.45, 2.75) is 39.7 Å². The molecule has 0 aromatic rings. The van der Waals surface area contributed by atoms with Crippen molar-refractivity contribution in [3.63, 3.8) is 0 Å². The second kappa shape index (κ2) is 5.72. The van der Waals surface area contributed by atoms with Gasteiger partial charge in [0.2, 0.25) is 0 Å². The normalized spacial score (nSPS) is 21.0. The fraction of sp³-hybridized carbons (Fsp3) is 1.00. The maximum absolute atomic E-state index is 2.59. The number of piperidine rings is 1. The number of rotatable bonds is 4. The van der Waals surface area contributed by atoms with Crippen molar-refractivity contribution in [3.05, 3.63) is 0 Å². The molecule has 0 N–H and O–H groups in total. The minimum absolute atomic E-state index is 0.708. The van der Waals surface area contributed by atoms with Gasteiger partial charge in [0.05, 0.1) is 0 Å². The molecule has 0 aromatic carbocycles. The fourth-order valence-electron chi connectivity index (χ4n) is 2.28. The second-order valence-corrected chi connectivity index (χ2v) is 4.93. The van der Waals surface area contributed by atoms with Crippen LogP contribution in [0.25, 0.3) is 0 Å². The van der Waals surface area contributed by atoms with Gasteiger partial charge in [0.1, 0.15) is 0 Å². The molecule has 0 aliphatic carbocycles. The summed E-state index contributed by atoms with van der Waals surface area (Å²) in [5, 5.41) is 0. The Morgan fingerprint density at radius 1 is 1.29 bits per heavy atom. The highest BCUT2D eigenvalue weighted by Crippen LogP contribution is 2.18. The van der Waals surface area contributed by atoms with E-state index >= 15 is 0 Å². The summed E-state index contributed by atoms with van der Waals surface area (Å²) in [5.74, 6) is 0.938. The van der Waals surface area contributed by atoms with E-state index in [1.165, 1.54) is 39.0 Å². The van der Waals surface area contributed by atoms with Crippen molar-refractivity contribution < 1.29 is 0 Å². The summed E-state index contributed by atoms with van der Waals surface area (Å²) in [4.78, 5) is 5.04. The molecule has 0 spiro atoms. The van der Waals surface area contributed by atoms with Gasteiger partial charge in [-0.2, -0.15) is 0 Å². The van der Waals surface area contributed by atoms with E-state index in [9.17, 15) is 0 Å². The summed E-state index contributed by atoms with van der Waals surface area (Å²) in [6, 6.07) is 0.708. The first-order chi connectivity index (χ1) is 6.63. The van der Waals surface area contributed by atoms with Crippen LogP contribution in [0.1, 0.15) is 33.6 Å². The third kappa shape index (κ3) is 3.58. The SMILES string of the molecule is CCN(CC1CCN(C)CC1)C(C)C. The first kappa shape index (κ1) is 12.0. The molecule has 14 heavy (non-hydrogen) atoms.